The molecule has 0 fully saturated rings. The molecule has 0 spiro atoms. The number of rotatable bonds is 3. The molecule has 0 bridgehead atoms. The molecule has 0 aliphatic carbocycles. The van der Waals surface area contributed by atoms with Crippen molar-refractivity contribution >= 4 is 23.3 Å². The van der Waals surface area contributed by atoms with Crippen molar-refractivity contribution in [3.05, 3.63) is 28.6 Å². The van der Waals surface area contributed by atoms with Gasteiger partial charge in [0.05, 0.1) is 5.52 Å². The third-order valence-electron chi connectivity index (χ3n) is 2.45. The number of fused-ring (bicyclic) bond motifs is 1. The lowest BCUT2D eigenvalue weighted by Crippen LogP contribution is -1.97. The molecule has 0 atom stereocenters. The lowest BCUT2D eigenvalue weighted by Gasteiger charge is -2.01. The Hall–Kier alpha value is -1.23. The molecular weight excluding hydrogens is 232 g/mol. The molecule has 1 aromatic carbocycles. The van der Waals surface area contributed by atoms with Crippen LogP contribution >= 0.6 is 12.2 Å². The van der Waals surface area contributed by atoms with E-state index in [0.29, 0.717) is 17.6 Å². The minimum atomic E-state index is -0.918. The number of aryl methyl sites for hydroxylation is 1. The second-order valence-corrected chi connectivity index (χ2v) is 3.96. The fourth-order valence-corrected chi connectivity index (χ4v) is 1.87. The minimum absolute atomic E-state index is 0.258. The van der Waals surface area contributed by atoms with Gasteiger partial charge in [0.2, 0.25) is 0 Å². The zero-order valence-electron chi connectivity index (χ0n) is 8.80. The van der Waals surface area contributed by atoms with Gasteiger partial charge < -0.3 is 4.42 Å². The van der Waals surface area contributed by atoms with Crippen molar-refractivity contribution in [1.82, 2.24) is 4.57 Å². The molecule has 0 aliphatic rings. The zero-order valence-corrected chi connectivity index (χ0v) is 9.61. The Labute approximate surface area is 96.5 Å². The summed E-state index contributed by atoms with van der Waals surface area (Å²) in [6, 6.07) is 2.16. The highest BCUT2D eigenvalue weighted by Crippen LogP contribution is 2.21. The van der Waals surface area contributed by atoms with E-state index in [4.69, 9.17) is 16.6 Å². The number of aromatic nitrogens is 1. The summed E-state index contributed by atoms with van der Waals surface area (Å²) in [5.74, 6) is -1.80. The highest BCUT2D eigenvalue weighted by atomic mass is 32.1. The lowest BCUT2D eigenvalue weighted by molar-refractivity contribution is 0.505. The Kier molecular flexibility index (Phi) is 3.05. The van der Waals surface area contributed by atoms with Gasteiger partial charge in [-0.3, -0.25) is 4.57 Å². The van der Waals surface area contributed by atoms with Gasteiger partial charge >= 0.3 is 0 Å². The maximum Gasteiger partial charge on any atom is 0.269 e. The zero-order chi connectivity index (χ0) is 11.7. The maximum absolute atomic E-state index is 13.1. The minimum Gasteiger partial charge on any atom is -0.429 e. The molecule has 0 aliphatic heterocycles. The van der Waals surface area contributed by atoms with Gasteiger partial charge in [0, 0.05) is 18.7 Å². The normalized spacial score (nSPS) is 11.2. The van der Waals surface area contributed by atoms with Crippen molar-refractivity contribution < 1.29 is 13.2 Å². The van der Waals surface area contributed by atoms with Crippen molar-refractivity contribution in [2.24, 2.45) is 0 Å². The van der Waals surface area contributed by atoms with E-state index in [-0.39, 0.29) is 4.84 Å². The van der Waals surface area contributed by atoms with Gasteiger partial charge in [0.25, 0.3) is 4.84 Å². The summed E-state index contributed by atoms with van der Waals surface area (Å²) in [5, 5.41) is 0. The fraction of sp³-hybridized carbons (Fsp3) is 0.364. The standard InChI is InChI=1S/C11H11F2NOS/c1-2-3-4-14-9-5-7(12)8(13)6-10(9)15-11(14)16/h5-6H,2-4H2,1H3. The van der Waals surface area contributed by atoms with E-state index in [0.717, 1.165) is 25.0 Å². The summed E-state index contributed by atoms with van der Waals surface area (Å²) < 4.78 is 33.0. The summed E-state index contributed by atoms with van der Waals surface area (Å²) in [5.41, 5.74) is 0.803. The maximum atomic E-state index is 13.1. The van der Waals surface area contributed by atoms with E-state index in [2.05, 4.69) is 0 Å². The van der Waals surface area contributed by atoms with Crippen LogP contribution in [0.5, 0.6) is 0 Å². The molecule has 0 amide bonds. The summed E-state index contributed by atoms with van der Waals surface area (Å²) in [7, 11) is 0. The van der Waals surface area contributed by atoms with Crippen molar-refractivity contribution in [1.29, 1.82) is 0 Å². The van der Waals surface area contributed by atoms with Gasteiger partial charge in [-0.25, -0.2) is 8.78 Å². The van der Waals surface area contributed by atoms with Gasteiger partial charge in [0.15, 0.2) is 17.2 Å². The number of benzene rings is 1. The summed E-state index contributed by atoms with van der Waals surface area (Å²) in [6.07, 6.45) is 1.92. The molecule has 2 nitrogen and oxygen atoms in total. The molecule has 0 N–H and O–H groups in total. The van der Waals surface area contributed by atoms with Gasteiger partial charge in [0.1, 0.15) is 0 Å². The monoisotopic (exact) mass is 243 g/mol. The van der Waals surface area contributed by atoms with Gasteiger partial charge in [-0.15, -0.1) is 0 Å². The third kappa shape index (κ3) is 1.87. The van der Waals surface area contributed by atoms with Gasteiger partial charge in [-0.2, -0.15) is 0 Å². The Bertz CT molecular complexity index is 573. The number of unbranched alkanes of at least 4 members (excludes halogenated alkanes) is 1. The van der Waals surface area contributed by atoms with Crippen LogP contribution in [-0.4, -0.2) is 4.57 Å². The first kappa shape index (κ1) is 11.3. The molecule has 0 unspecified atom stereocenters. The van der Waals surface area contributed by atoms with Crippen LogP contribution in [0.3, 0.4) is 0 Å². The second kappa shape index (κ2) is 4.33. The van der Waals surface area contributed by atoms with Crippen LogP contribution in [0, 0.1) is 16.5 Å². The Morgan fingerprint density at radius 3 is 2.69 bits per heavy atom. The van der Waals surface area contributed by atoms with Crippen molar-refractivity contribution in [2.75, 3.05) is 0 Å². The SMILES string of the molecule is CCCCn1c(=S)oc2cc(F)c(F)cc21. The predicted molar refractivity (Wildman–Crippen MR) is 59.9 cm³/mol. The number of halogens is 2. The molecule has 86 valence electrons. The molecule has 2 rings (SSSR count). The Morgan fingerprint density at radius 2 is 2.00 bits per heavy atom. The highest BCUT2D eigenvalue weighted by Gasteiger charge is 2.11. The van der Waals surface area contributed by atoms with Crippen LogP contribution in [-0.2, 0) is 6.54 Å². The molecule has 1 aromatic heterocycles. The number of hydrogen-bond acceptors (Lipinski definition) is 2. The van der Waals surface area contributed by atoms with Crippen LogP contribution < -0.4 is 0 Å². The molecular formula is C11H11F2NOS. The Balaban J connectivity index is 2.60. The third-order valence-corrected chi connectivity index (χ3v) is 2.75. The quantitative estimate of drug-likeness (QED) is 0.757. The van der Waals surface area contributed by atoms with E-state index >= 15 is 0 Å². The van der Waals surface area contributed by atoms with Crippen LogP contribution in [0.1, 0.15) is 19.8 Å². The van der Waals surface area contributed by atoms with Crippen LogP contribution in [0.15, 0.2) is 16.5 Å². The lowest BCUT2D eigenvalue weighted by atomic mass is 10.3. The van der Waals surface area contributed by atoms with Gasteiger partial charge in [-0.05, 0) is 18.6 Å². The molecule has 0 radical (unpaired) electrons. The second-order valence-electron chi connectivity index (χ2n) is 3.61. The first-order chi connectivity index (χ1) is 7.63. The van der Waals surface area contributed by atoms with Crippen molar-refractivity contribution in [3.8, 4) is 0 Å². The van der Waals surface area contributed by atoms with E-state index in [1.54, 1.807) is 4.57 Å². The van der Waals surface area contributed by atoms with Crippen LogP contribution in [0.25, 0.3) is 11.1 Å². The van der Waals surface area contributed by atoms with Gasteiger partial charge in [-0.1, -0.05) is 13.3 Å². The van der Waals surface area contributed by atoms with E-state index in [9.17, 15) is 8.78 Å². The number of oxazole rings is 1. The van der Waals surface area contributed by atoms with Crippen LogP contribution in [0.4, 0.5) is 8.78 Å². The largest absolute Gasteiger partial charge is 0.429 e. The van der Waals surface area contributed by atoms with E-state index in [1.807, 2.05) is 6.92 Å². The summed E-state index contributed by atoms with van der Waals surface area (Å²) in [6.45, 7) is 2.71. The van der Waals surface area contributed by atoms with Crippen LogP contribution in [0.2, 0.25) is 0 Å². The first-order valence-electron chi connectivity index (χ1n) is 5.12. The first-order valence-corrected chi connectivity index (χ1v) is 5.52. The van der Waals surface area contributed by atoms with E-state index < -0.39 is 11.6 Å². The number of nitrogens with zero attached hydrogens (tertiary/aromatic N) is 1. The molecule has 5 heteroatoms. The van der Waals surface area contributed by atoms with Crippen molar-refractivity contribution in [2.45, 2.75) is 26.3 Å². The smallest absolute Gasteiger partial charge is 0.269 e. The predicted octanol–water partition coefficient (Wildman–Crippen LogP) is 4.04. The average Bonchev–Trinajstić information content (AvgIpc) is 2.52. The highest BCUT2D eigenvalue weighted by molar-refractivity contribution is 7.71. The topological polar surface area (TPSA) is 18.1 Å². The fourth-order valence-electron chi connectivity index (χ4n) is 1.59. The molecule has 16 heavy (non-hydrogen) atoms. The Morgan fingerprint density at radius 1 is 1.31 bits per heavy atom. The van der Waals surface area contributed by atoms with Crippen molar-refractivity contribution in [3.63, 3.8) is 0 Å². The average molecular weight is 243 g/mol. The molecule has 0 saturated heterocycles. The molecule has 1 heterocycles. The summed E-state index contributed by atoms with van der Waals surface area (Å²) >= 11 is 5.00. The molecule has 0 saturated carbocycles. The molecule has 2 aromatic rings. The van der Waals surface area contributed by atoms with E-state index in [1.165, 1.54) is 0 Å². The summed E-state index contributed by atoms with van der Waals surface area (Å²) in [4.78, 5) is 0.258. The number of hydrogen-bond donors (Lipinski definition) is 0.